The molecule has 0 aliphatic rings. The molecule has 0 fully saturated rings. The molecule has 0 bridgehead atoms. The van der Waals surface area contributed by atoms with Gasteiger partial charge in [-0.3, -0.25) is 10.1 Å². The Morgan fingerprint density at radius 3 is 2.29 bits per heavy atom. The number of rotatable bonds is 3. The Hall–Kier alpha value is -2.30. The highest BCUT2D eigenvalue weighted by molar-refractivity contribution is 6.40. The molecule has 24 heavy (non-hydrogen) atoms. The van der Waals surface area contributed by atoms with Gasteiger partial charge in [-0.2, -0.15) is 0 Å². The highest BCUT2D eigenvalue weighted by atomic mass is 35.5. The van der Waals surface area contributed by atoms with Crippen LogP contribution in [0.5, 0.6) is 0 Å². The second-order valence-electron chi connectivity index (χ2n) is 5.54. The van der Waals surface area contributed by atoms with E-state index in [0.29, 0.717) is 15.7 Å². The van der Waals surface area contributed by atoms with E-state index in [9.17, 15) is 10.1 Å². The zero-order valence-electron chi connectivity index (χ0n) is 13.1. The van der Waals surface area contributed by atoms with Gasteiger partial charge in [0, 0.05) is 29.1 Å². The van der Waals surface area contributed by atoms with E-state index in [0.717, 1.165) is 22.5 Å². The summed E-state index contributed by atoms with van der Waals surface area (Å²) in [4.78, 5) is 10.4. The van der Waals surface area contributed by atoms with Crippen LogP contribution in [0, 0.1) is 24.0 Å². The van der Waals surface area contributed by atoms with Gasteiger partial charge in [0.25, 0.3) is 5.69 Å². The quantitative estimate of drug-likeness (QED) is 0.426. The van der Waals surface area contributed by atoms with E-state index >= 15 is 0 Å². The first kappa shape index (κ1) is 16.6. The number of hydrogen-bond donors (Lipinski definition) is 0. The van der Waals surface area contributed by atoms with E-state index in [1.165, 1.54) is 12.1 Å². The smallest absolute Gasteiger partial charge is 0.269 e. The first-order valence-corrected chi connectivity index (χ1v) is 8.04. The Morgan fingerprint density at radius 1 is 1.04 bits per heavy atom. The number of aryl methyl sites for hydroxylation is 1. The molecule has 0 atom stereocenters. The molecule has 0 aliphatic heterocycles. The van der Waals surface area contributed by atoms with Gasteiger partial charge in [0.15, 0.2) is 0 Å². The topological polar surface area (TPSA) is 48.1 Å². The van der Waals surface area contributed by atoms with E-state index in [1.807, 2.05) is 42.7 Å². The van der Waals surface area contributed by atoms with Gasteiger partial charge >= 0.3 is 0 Å². The fourth-order valence-electron chi connectivity index (χ4n) is 2.70. The molecule has 0 saturated heterocycles. The molecule has 1 heterocycles. The van der Waals surface area contributed by atoms with Crippen LogP contribution in [0.1, 0.15) is 11.3 Å². The Labute approximate surface area is 149 Å². The molecule has 0 saturated carbocycles. The largest absolute Gasteiger partial charge is 0.303 e. The van der Waals surface area contributed by atoms with Crippen molar-refractivity contribution in [1.82, 2.24) is 4.57 Å². The van der Waals surface area contributed by atoms with Gasteiger partial charge in [-0.25, -0.2) is 0 Å². The molecular weight excluding hydrogens is 347 g/mol. The summed E-state index contributed by atoms with van der Waals surface area (Å²) in [5, 5.41) is 11.8. The lowest BCUT2D eigenvalue weighted by Gasteiger charge is -2.09. The van der Waals surface area contributed by atoms with Gasteiger partial charge in [-0.05, 0) is 49.2 Å². The monoisotopic (exact) mass is 360 g/mol. The number of benzene rings is 2. The molecule has 0 N–H and O–H groups in total. The van der Waals surface area contributed by atoms with Crippen LogP contribution in [0.25, 0.3) is 16.8 Å². The van der Waals surface area contributed by atoms with Crippen molar-refractivity contribution in [2.75, 3.05) is 0 Å². The zero-order chi connectivity index (χ0) is 17.4. The number of hydrogen-bond acceptors (Lipinski definition) is 2. The lowest BCUT2D eigenvalue weighted by Crippen LogP contribution is -1.96. The summed E-state index contributed by atoms with van der Waals surface area (Å²) >= 11 is 13.1. The summed E-state index contributed by atoms with van der Waals surface area (Å²) in [6.45, 7) is 3.90. The summed E-state index contributed by atoms with van der Waals surface area (Å²) in [7, 11) is 0. The third-order valence-corrected chi connectivity index (χ3v) is 4.72. The van der Waals surface area contributed by atoms with Crippen molar-refractivity contribution >= 4 is 28.9 Å². The van der Waals surface area contributed by atoms with Crippen molar-refractivity contribution in [1.29, 1.82) is 0 Å². The lowest BCUT2D eigenvalue weighted by molar-refractivity contribution is -0.384. The number of nitrogens with zero attached hydrogens (tertiary/aromatic N) is 2. The average Bonchev–Trinajstić information content (AvgIpc) is 2.77. The van der Waals surface area contributed by atoms with Crippen LogP contribution in [0.4, 0.5) is 5.69 Å². The van der Waals surface area contributed by atoms with E-state index in [4.69, 9.17) is 23.2 Å². The van der Waals surface area contributed by atoms with Crippen LogP contribution < -0.4 is 0 Å². The molecule has 3 rings (SSSR count). The highest BCUT2D eigenvalue weighted by Crippen LogP contribution is 2.41. The third kappa shape index (κ3) is 2.79. The summed E-state index contributed by atoms with van der Waals surface area (Å²) < 4.78 is 1.88. The molecule has 3 aromatic rings. The third-order valence-electron chi connectivity index (χ3n) is 3.90. The molecular formula is C18H14Cl2N2O2. The van der Waals surface area contributed by atoms with Gasteiger partial charge in [0.2, 0.25) is 0 Å². The Morgan fingerprint density at radius 2 is 1.71 bits per heavy atom. The van der Waals surface area contributed by atoms with Crippen molar-refractivity contribution in [2.45, 2.75) is 13.8 Å². The maximum absolute atomic E-state index is 10.8. The van der Waals surface area contributed by atoms with Gasteiger partial charge in [-0.1, -0.05) is 35.3 Å². The minimum atomic E-state index is -0.434. The number of non-ortho nitro benzene ring substituents is 1. The van der Waals surface area contributed by atoms with Gasteiger partial charge in [0.05, 0.1) is 9.95 Å². The lowest BCUT2D eigenvalue weighted by atomic mass is 10.1. The number of nitro groups is 1. The molecule has 0 radical (unpaired) electrons. The van der Waals surface area contributed by atoms with Gasteiger partial charge in [0.1, 0.15) is 5.15 Å². The number of halogens is 2. The second-order valence-corrected chi connectivity index (χ2v) is 6.28. The van der Waals surface area contributed by atoms with E-state index in [-0.39, 0.29) is 5.69 Å². The Bertz CT molecular complexity index is 931. The number of nitro benzene ring substituents is 1. The van der Waals surface area contributed by atoms with E-state index in [1.54, 1.807) is 12.1 Å². The summed E-state index contributed by atoms with van der Waals surface area (Å²) in [5.74, 6) is 0. The van der Waals surface area contributed by atoms with Crippen molar-refractivity contribution in [2.24, 2.45) is 0 Å². The second kappa shape index (κ2) is 6.30. The highest BCUT2D eigenvalue weighted by Gasteiger charge is 2.20. The molecule has 0 amide bonds. The molecule has 0 aliphatic carbocycles. The van der Waals surface area contributed by atoms with Crippen molar-refractivity contribution in [3.8, 4) is 16.8 Å². The molecule has 4 nitrogen and oxygen atoms in total. The average molecular weight is 361 g/mol. The van der Waals surface area contributed by atoms with E-state index < -0.39 is 4.92 Å². The minimum absolute atomic E-state index is 0.0285. The van der Waals surface area contributed by atoms with Crippen LogP contribution in [-0.4, -0.2) is 9.49 Å². The van der Waals surface area contributed by atoms with Crippen LogP contribution in [-0.2, 0) is 0 Å². The molecule has 1 aromatic heterocycles. The fourth-order valence-corrected chi connectivity index (χ4v) is 3.46. The Balaban J connectivity index is 2.17. The molecule has 6 heteroatoms. The van der Waals surface area contributed by atoms with Gasteiger partial charge in [-0.15, -0.1) is 0 Å². The maximum atomic E-state index is 10.8. The number of aromatic nitrogens is 1. The summed E-state index contributed by atoms with van der Waals surface area (Å²) in [6, 6.07) is 14.2. The van der Waals surface area contributed by atoms with Crippen molar-refractivity contribution in [3.63, 3.8) is 0 Å². The van der Waals surface area contributed by atoms with Crippen LogP contribution >= 0.6 is 23.2 Å². The SMILES string of the molecule is Cc1cccc(-n2c(C)c(Cl)c(-c3ccc([N+](=O)[O-])cc3)c2Cl)c1. The van der Waals surface area contributed by atoms with E-state index in [2.05, 4.69) is 0 Å². The Kier molecular flexibility index (Phi) is 4.35. The van der Waals surface area contributed by atoms with Gasteiger partial charge < -0.3 is 4.57 Å². The standard InChI is InChI=1S/C18H14Cl2N2O2/c1-11-4-3-5-15(10-11)21-12(2)17(19)16(18(21)20)13-6-8-14(9-7-13)22(23)24/h3-10H,1-2H3. The normalized spacial score (nSPS) is 10.8. The minimum Gasteiger partial charge on any atom is -0.303 e. The van der Waals surface area contributed by atoms with Crippen LogP contribution in [0.2, 0.25) is 10.2 Å². The maximum Gasteiger partial charge on any atom is 0.269 e. The fraction of sp³-hybridized carbons (Fsp3) is 0.111. The van der Waals surface area contributed by atoms with Crippen molar-refractivity contribution in [3.05, 3.63) is 80.1 Å². The predicted molar refractivity (Wildman–Crippen MR) is 97.4 cm³/mol. The first-order chi connectivity index (χ1) is 11.4. The zero-order valence-corrected chi connectivity index (χ0v) is 14.6. The van der Waals surface area contributed by atoms with Crippen molar-refractivity contribution < 1.29 is 4.92 Å². The summed E-state index contributed by atoms with van der Waals surface area (Å²) in [5.41, 5.74) is 4.30. The van der Waals surface area contributed by atoms with Crippen LogP contribution in [0.3, 0.4) is 0 Å². The molecule has 0 unspecified atom stereocenters. The molecule has 2 aromatic carbocycles. The summed E-state index contributed by atoms with van der Waals surface area (Å²) in [6.07, 6.45) is 0. The predicted octanol–water partition coefficient (Wildman–Crippen LogP) is 5.98. The molecule has 122 valence electrons. The molecule has 0 spiro atoms. The van der Waals surface area contributed by atoms with Crippen LogP contribution in [0.15, 0.2) is 48.5 Å². The first-order valence-electron chi connectivity index (χ1n) is 7.28.